The molecule has 0 aliphatic carbocycles. The van der Waals surface area contributed by atoms with Crippen LogP contribution in [0.5, 0.6) is 0 Å². The van der Waals surface area contributed by atoms with Gasteiger partial charge in [-0.15, -0.1) is 0 Å². The van der Waals surface area contributed by atoms with Crippen molar-refractivity contribution in [3.8, 4) is 0 Å². The largest absolute Gasteiger partial charge is 0.369 e. The monoisotopic (exact) mass is 258 g/mol. The predicted octanol–water partition coefficient (Wildman–Crippen LogP) is 0.397. The van der Waals surface area contributed by atoms with Crippen LogP contribution >= 0.6 is 0 Å². The van der Waals surface area contributed by atoms with Crippen LogP contribution < -0.4 is 5.73 Å². The molecular formula is C13H14N4O2. The number of aromatic amines is 1. The Kier molecular flexibility index (Phi) is 2.70. The number of imidazole rings is 1. The fourth-order valence-electron chi connectivity index (χ4n) is 2.42. The number of hydrogen-bond acceptors (Lipinski definition) is 3. The van der Waals surface area contributed by atoms with E-state index in [2.05, 4.69) is 9.97 Å². The molecule has 19 heavy (non-hydrogen) atoms. The quantitative estimate of drug-likeness (QED) is 0.834. The molecular weight excluding hydrogens is 244 g/mol. The summed E-state index contributed by atoms with van der Waals surface area (Å²) in [4.78, 5) is 31.8. The number of rotatable bonds is 3. The summed E-state index contributed by atoms with van der Waals surface area (Å²) in [7, 11) is 0. The molecule has 2 amide bonds. The number of carbonyl (C=O) groups excluding carboxylic acids is 2. The van der Waals surface area contributed by atoms with E-state index in [9.17, 15) is 9.59 Å². The third-order valence-electron chi connectivity index (χ3n) is 3.47. The van der Waals surface area contributed by atoms with Crippen molar-refractivity contribution >= 4 is 22.8 Å². The molecule has 1 fully saturated rings. The van der Waals surface area contributed by atoms with Crippen LogP contribution in [0.1, 0.15) is 12.0 Å². The van der Waals surface area contributed by atoms with E-state index < -0.39 is 5.91 Å². The molecule has 1 aliphatic heterocycles. The summed E-state index contributed by atoms with van der Waals surface area (Å²) in [5.41, 5.74) is 8.09. The van der Waals surface area contributed by atoms with Gasteiger partial charge >= 0.3 is 0 Å². The Morgan fingerprint density at radius 2 is 2.37 bits per heavy atom. The number of aromatic nitrogens is 2. The SMILES string of the molecule is NC(=O)C1CC(=O)N(Cc2ccc3nc[nH]c3c2)C1. The smallest absolute Gasteiger partial charge is 0.223 e. The molecule has 1 aromatic heterocycles. The second-order valence-electron chi connectivity index (χ2n) is 4.83. The molecule has 1 unspecified atom stereocenters. The molecule has 1 aromatic carbocycles. The first kappa shape index (κ1) is 11.7. The van der Waals surface area contributed by atoms with Crippen LogP contribution in [0.15, 0.2) is 24.5 Å². The van der Waals surface area contributed by atoms with E-state index >= 15 is 0 Å². The van der Waals surface area contributed by atoms with Gasteiger partial charge in [0.25, 0.3) is 0 Å². The van der Waals surface area contributed by atoms with Gasteiger partial charge in [-0.2, -0.15) is 0 Å². The molecule has 6 heteroatoms. The highest BCUT2D eigenvalue weighted by Crippen LogP contribution is 2.21. The molecule has 98 valence electrons. The minimum absolute atomic E-state index is 0.0199. The Bertz CT molecular complexity index is 649. The van der Waals surface area contributed by atoms with E-state index in [-0.39, 0.29) is 18.2 Å². The zero-order valence-corrected chi connectivity index (χ0v) is 10.3. The highest BCUT2D eigenvalue weighted by molar-refractivity contribution is 5.88. The van der Waals surface area contributed by atoms with Gasteiger partial charge in [-0.3, -0.25) is 9.59 Å². The maximum absolute atomic E-state index is 11.8. The van der Waals surface area contributed by atoms with Crippen LogP contribution in [0, 0.1) is 5.92 Å². The van der Waals surface area contributed by atoms with Gasteiger partial charge in [0.05, 0.1) is 23.3 Å². The van der Waals surface area contributed by atoms with Crippen LogP contribution in [-0.4, -0.2) is 33.2 Å². The van der Waals surface area contributed by atoms with E-state index in [1.54, 1.807) is 11.2 Å². The lowest BCUT2D eigenvalue weighted by atomic mass is 10.1. The van der Waals surface area contributed by atoms with Crippen molar-refractivity contribution in [2.24, 2.45) is 11.7 Å². The number of H-pyrrole nitrogens is 1. The number of primary amides is 1. The Balaban J connectivity index is 1.77. The summed E-state index contributed by atoms with van der Waals surface area (Å²) < 4.78 is 0. The van der Waals surface area contributed by atoms with Gasteiger partial charge < -0.3 is 15.6 Å². The minimum Gasteiger partial charge on any atom is -0.369 e. The van der Waals surface area contributed by atoms with E-state index in [1.165, 1.54) is 0 Å². The van der Waals surface area contributed by atoms with Crippen LogP contribution in [-0.2, 0) is 16.1 Å². The van der Waals surface area contributed by atoms with E-state index in [4.69, 9.17) is 5.73 Å². The molecule has 0 spiro atoms. The van der Waals surface area contributed by atoms with Gasteiger partial charge in [-0.05, 0) is 17.7 Å². The molecule has 3 N–H and O–H groups in total. The second kappa shape index (κ2) is 4.38. The average molecular weight is 258 g/mol. The van der Waals surface area contributed by atoms with Crippen LogP contribution in [0.25, 0.3) is 11.0 Å². The number of hydrogen-bond donors (Lipinski definition) is 2. The molecule has 0 bridgehead atoms. The molecule has 1 atom stereocenters. The number of amides is 2. The molecule has 3 rings (SSSR count). The summed E-state index contributed by atoms with van der Waals surface area (Å²) in [5, 5.41) is 0. The lowest BCUT2D eigenvalue weighted by Crippen LogP contribution is -2.28. The summed E-state index contributed by atoms with van der Waals surface area (Å²) in [6.45, 7) is 0.909. The zero-order chi connectivity index (χ0) is 13.4. The van der Waals surface area contributed by atoms with Crippen molar-refractivity contribution in [3.63, 3.8) is 0 Å². The number of nitrogens with zero attached hydrogens (tertiary/aromatic N) is 2. The third-order valence-corrected chi connectivity index (χ3v) is 3.47. The lowest BCUT2D eigenvalue weighted by molar-refractivity contribution is -0.128. The van der Waals surface area contributed by atoms with Crippen molar-refractivity contribution in [1.82, 2.24) is 14.9 Å². The predicted molar refractivity (Wildman–Crippen MR) is 68.8 cm³/mol. The zero-order valence-electron chi connectivity index (χ0n) is 10.3. The fraction of sp³-hybridized carbons (Fsp3) is 0.308. The summed E-state index contributed by atoms with van der Waals surface area (Å²) >= 11 is 0. The maximum Gasteiger partial charge on any atom is 0.223 e. The first-order valence-corrected chi connectivity index (χ1v) is 6.12. The normalized spacial score (nSPS) is 19.3. The van der Waals surface area contributed by atoms with Crippen molar-refractivity contribution in [1.29, 1.82) is 0 Å². The van der Waals surface area contributed by atoms with Crippen LogP contribution in [0.4, 0.5) is 0 Å². The Morgan fingerprint density at radius 1 is 1.53 bits per heavy atom. The van der Waals surface area contributed by atoms with Crippen molar-refractivity contribution in [3.05, 3.63) is 30.1 Å². The molecule has 2 heterocycles. The van der Waals surface area contributed by atoms with E-state index in [0.717, 1.165) is 16.6 Å². The number of fused-ring (bicyclic) bond motifs is 1. The van der Waals surface area contributed by atoms with Crippen LogP contribution in [0.3, 0.4) is 0 Å². The van der Waals surface area contributed by atoms with Gasteiger partial charge in [0, 0.05) is 19.5 Å². The number of nitrogens with two attached hydrogens (primary N) is 1. The number of nitrogens with one attached hydrogen (secondary N) is 1. The molecule has 0 radical (unpaired) electrons. The molecule has 6 nitrogen and oxygen atoms in total. The molecule has 1 aliphatic rings. The Labute approximate surface area is 109 Å². The highest BCUT2D eigenvalue weighted by atomic mass is 16.2. The molecule has 0 saturated carbocycles. The van der Waals surface area contributed by atoms with E-state index in [1.807, 2.05) is 18.2 Å². The summed E-state index contributed by atoms with van der Waals surface area (Å²) in [5.74, 6) is -0.781. The lowest BCUT2D eigenvalue weighted by Gasteiger charge is -2.16. The van der Waals surface area contributed by atoms with Crippen LogP contribution in [0.2, 0.25) is 0 Å². The number of likely N-dealkylation sites (tertiary alicyclic amines) is 1. The second-order valence-corrected chi connectivity index (χ2v) is 4.83. The maximum atomic E-state index is 11.8. The summed E-state index contributed by atoms with van der Waals surface area (Å²) in [6.07, 6.45) is 1.86. The molecule has 1 saturated heterocycles. The summed E-state index contributed by atoms with van der Waals surface area (Å²) in [6, 6.07) is 5.81. The van der Waals surface area contributed by atoms with Crippen molar-refractivity contribution in [2.45, 2.75) is 13.0 Å². The standard InChI is InChI=1S/C13H14N4O2/c14-13(19)9-4-12(18)17(6-9)5-8-1-2-10-11(3-8)16-7-15-10/h1-3,7,9H,4-6H2,(H2,14,19)(H,15,16). The minimum atomic E-state index is -0.403. The third kappa shape index (κ3) is 2.16. The fourth-order valence-corrected chi connectivity index (χ4v) is 2.42. The van der Waals surface area contributed by atoms with Gasteiger partial charge in [0.15, 0.2) is 0 Å². The first-order valence-electron chi connectivity index (χ1n) is 6.12. The van der Waals surface area contributed by atoms with Crippen molar-refractivity contribution < 1.29 is 9.59 Å². The Morgan fingerprint density at radius 3 is 3.11 bits per heavy atom. The first-order chi connectivity index (χ1) is 9.13. The Hall–Kier alpha value is -2.37. The van der Waals surface area contributed by atoms with Gasteiger partial charge in [-0.25, -0.2) is 4.98 Å². The van der Waals surface area contributed by atoms with Gasteiger partial charge in [-0.1, -0.05) is 6.07 Å². The average Bonchev–Trinajstić information content (AvgIpc) is 2.96. The van der Waals surface area contributed by atoms with Gasteiger partial charge in [0.2, 0.25) is 11.8 Å². The van der Waals surface area contributed by atoms with Crippen molar-refractivity contribution in [2.75, 3.05) is 6.54 Å². The number of benzene rings is 1. The highest BCUT2D eigenvalue weighted by Gasteiger charge is 2.32. The van der Waals surface area contributed by atoms with E-state index in [0.29, 0.717) is 13.1 Å². The topological polar surface area (TPSA) is 92.1 Å². The number of carbonyl (C=O) groups is 2. The van der Waals surface area contributed by atoms with Gasteiger partial charge in [0.1, 0.15) is 0 Å². The molecule has 2 aromatic rings.